The molecule has 0 heterocycles. The van der Waals surface area contributed by atoms with E-state index in [1.165, 1.54) is 7.11 Å². The maximum absolute atomic E-state index is 12.8. The van der Waals surface area contributed by atoms with E-state index >= 15 is 0 Å². The monoisotopic (exact) mass is 410 g/mol. The van der Waals surface area contributed by atoms with Gasteiger partial charge in [0.2, 0.25) is 15.9 Å². The number of nitrogens with zero attached hydrogens (tertiary/aromatic N) is 1. The molecule has 0 aromatic heterocycles. The van der Waals surface area contributed by atoms with Crippen molar-refractivity contribution in [3.8, 4) is 5.75 Å². The molecule has 2 aromatic carbocycles. The molecule has 1 atom stereocenters. The summed E-state index contributed by atoms with van der Waals surface area (Å²) in [6, 6.07) is 10.8. The average Bonchev–Trinajstić information content (AvgIpc) is 2.61. The number of amides is 1. The second-order valence-corrected chi connectivity index (χ2v) is 8.40. The molecule has 0 aliphatic heterocycles. The summed E-state index contributed by atoms with van der Waals surface area (Å²) >= 11 is 6.10. The summed E-state index contributed by atoms with van der Waals surface area (Å²) in [6.45, 7) is 3.62. The third-order valence-corrected chi connectivity index (χ3v) is 5.68. The highest BCUT2D eigenvalue weighted by molar-refractivity contribution is 7.92. The molecule has 1 N–H and O–H groups in total. The van der Waals surface area contributed by atoms with E-state index in [0.717, 1.165) is 16.1 Å². The number of aryl methyl sites for hydroxylation is 1. The summed E-state index contributed by atoms with van der Waals surface area (Å²) in [7, 11) is -2.17. The van der Waals surface area contributed by atoms with E-state index in [2.05, 4.69) is 5.32 Å². The Morgan fingerprint density at radius 1 is 1.22 bits per heavy atom. The Bertz CT molecular complexity index is 914. The molecule has 0 saturated heterocycles. The second-order valence-electron chi connectivity index (χ2n) is 6.13. The number of anilines is 2. The van der Waals surface area contributed by atoms with Gasteiger partial charge in [-0.25, -0.2) is 8.42 Å². The van der Waals surface area contributed by atoms with E-state index in [0.29, 0.717) is 28.6 Å². The summed E-state index contributed by atoms with van der Waals surface area (Å²) in [4.78, 5) is 12.8. The van der Waals surface area contributed by atoms with Crippen molar-refractivity contribution in [1.29, 1.82) is 0 Å². The van der Waals surface area contributed by atoms with Gasteiger partial charge < -0.3 is 10.1 Å². The Balaban J connectivity index is 2.35. The lowest BCUT2D eigenvalue weighted by atomic mass is 10.1. The third kappa shape index (κ3) is 5.14. The van der Waals surface area contributed by atoms with Crippen LogP contribution in [0, 0.1) is 6.92 Å². The number of carbonyl (C=O) groups excluding carboxylic acids is 1. The third-order valence-electron chi connectivity index (χ3n) is 4.10. The lowest BCUT2D eigenvalue weighted by Gasteiger charge is -2.30. The maximum atomic E-state index is 12.8. The highest BCUT2D eigenvalue weighted by Crippen LogP contribution is 2.26. The fraction of sp³-hybridized carbons (Fsp3) is 0.316. The Labute approximate surface area is 165 Å². The maximum Gasteiger partial charge on any atom is 0.248 e. The number of nitrogens with one attached hydrogen (secondary N) is 1. The lowest BCUT2D eigenvalue weighted by molar-refractivity contribution is -0.117. The first-order valence-corrected chi connectivity index (χ1v) is 10.6. The smallest absolute Gasteiger partial charge is 0.248 e. The zero-order chi connectivity index (χ0) is 20.2. The highest BCUT2D eigenvalue weighted by Gasteiger charge is 2.31. The number of benzene rings is 2. The van der Waals surface area contributed by atoms with Crippen LogP contribution in [0.1, 0.15) is 18.9 Å². The summed E-state index contributed by atoms with van der Waals surface area (Å²) < 4.78 is 31.1. The van der Waals surface area contributed by atoms with E-state index in [4.69, 9.17) is 16.3 Å². The van der Waals surface area contributed by atoms with E-state index in [1.807, 2.05) is 6.92 Å². The number of rotatable bonds is 7. The largest absolute Gasteiger partial charge is 0.497 e. The highest BCUT2D eigenvalue weighted by atomic mass is 35.5. The van der Waals surface area contributed by atoms with E-state index < -0.39 is 22.0 Å². The van der Waals surface area contributed by atoms with Gasteiger partial charge in [0.15, 0.2) is 0 Å². The number of ether oxygens (including phenoxy) is 1. The topological polar surface area (TPSA) is 75.7 Å². The van der Waals surface area contributed by atoms with E-state index in [-0.39, 0.29) is 0 Å². The van der Waals surface area contributed by atoms with Crippen molar-refractivity contribution < 1.29 is 17.9 Å². The van der Waals surface area contributed by atoms with Crippen LogP contribution in [0.15, 0.2) is 42.5 Å². The molecule has 6 nitrogen and oxygen atoms in total. The van der Waals surface area contributed by atoms with Crippen LogP contribution in [0.25, 0.3) is 0 Å². The fourth-order valence-corrected chi connectivity index (χ4v) is 4.08. The van der Waals surface area contributed by atoms with Gasteiger partial charge in [-0.3, -0.25) is 9.10 Å². The Morgan fingerprint density at radius 2 is 1.85 bits per heavy atom. The molecule has 0 aliphatic rings. The summed E-state index contributed by atoms with van der Waals surface area (Å²) in [6.07, 6.45) is 1.38. The number of hydrogen-bond acceptors (Lipinski definition) is 4. The van der Waals surface area contributed by atoms with Crippen molar-refractivity contribution in [1.82, 2.24) is 0 Å². The number of halogens is 1. The van der Waals surface area contributed by atoms with Gasteiger partial charge in [0.05, 0.1) is 19.1 Å². The van der Waals surface area contributed by atoms with Crippen LogP contribution >= 0.6 is 11.6 Å². The van der Waals surface area contributed by atoms with Crippen LogP contribution in [-0.2, 0) is 14.8 Å². The quantitative estimate of drug-likeness (QED) is 0.752. The molecule has 0 radical (unpaired) electrons. The van der Waals surface area contributed by atoms with Gasteiger partial charge >= 0.3 is 0 Å². The molecule has 27 heavy (non-hydrogen) atoms. The van der Waals surface area contributed by atoms with Crippen molar-refractivity contribution in [3.05, 3.63) is 53.1 Å². The standard InChI is InChI=1S/C19H23ClN2O4S/c1-5-18(19(23)21-14-7-6-13(2)17(20)12-14)22(27(4,24)25)15-8-10-16(26-3)11-9-15/h6-12,18H,5H2,1-4H3,(H,21,23)/t18-/m1/s1. The van der Waals surface area contributed by atoms with Crippen molar-refractivity contribution in [2.24, 2.45) is 0 Å². The first-order valence-electron chi connectivity index (χ1n) is 8.37. The lowest BCUT2D eigenvalue weighted by Crippen LogP contribution is -2.47. The number of carbonyl (C=O) groups is 1. The zero-order valence-electron chi connectivity index (χ0n) is 15.7. The molecule has 1 amide bonds. The summed E-state index contributed by atoms with van der Waals surface area (Å²) in [5.74, 6) is 0.165. The minimum atomic E-state index is -3.70. The summed E-state index contributed by atoms with van der Waals surface area (Å²) in [5.41, 5.74) is 1.79. The van der Waals surface area contributed by atoms with Gasteiger partial charge in [-0.15, -0.1) is 0 Å². The molecule has 0 spiro atoms. The van der Waals surface area contributed by atoms with Gasteiger partial charge in [-0.2, -0.15) is 0 Å². The van der Waals surface area contributed by atoms with Crippen LogP contribution < -0.4 is 14.4 Å². The van der Waals surface area contributed by atoms with Crippen molar-refractivity contribution >= 4 is 38.9 Å². The molecule has 2 aromatic rings. The first-order chi connectivity index (χ1) is 12.7. The molecule has 0 unspecified atom stereocenters. The molecule has 0 bridgehead atoms. The predicted molar refractivity (Wildman–Crippen MR) is 109 cm³/mol. The molecular weight excluding hydrogens is 388 g/mol. The molecule has 8 heteroatoms. The number of hydrogen-bond donors (Lipinski definition) is 1. The van der Waals surface area contributed by atoms with Crippen molar-refractivity contribution in [2.75, 3.05) is 23.0 Å². The van der Waals surface area contributed by atoms with Gasteiger partial charge in [-0.1, -0.05) is 24.6 Å². The van der Waals surface area contributed by atoms with E-state index in [9.17, 15) is 13.2 Å². The minimum absolute atomic E-state index is 0.296. The van der Waals surface area contributed by atoms with Crippen LogP contribution in [0.5, 0.6) is 5.75 Å². The molecular formula is C19H23ClN2O4S. The number of sulfonamides is 1. The van der Waals surface area contributed by atoms with Crippen LogP contribution in [0.3, 0.4) is 0 Å². The fourth-order valence-electron chi connectivity index (χ4n) is 2.69. The van der Waals surface area contributed by atoms with Crippen LogP contribution in [0.2, 0.25) is 5.02 Å². The zero-order valence-corrected chi connectivity index (χ0v) is 17.3. The second kappa shape index (κ2) is 8.63. The van der Waals surface area contributed by atoms with Gasteiger partial charge in [-0.05, 0) is 55.3 Å². The SMILES string of the molecule is CC[C@H](C(=O)Nc1ccc(C)c(Cl)c1)N(c1ccc(OC)cc1)S(C)(=O)=O. The van der Waals surface area contributed by atoms with Crippen molar-refractivity contribution in [2.45, 2.75) is 26.3 Å². The van der Waals surface area contributed by atoms with Gasteiger partial charge in [0.25, 0.3) is 0 Å². The first kappa shape index (κ1) is 21.1. The van der Waals surface area contributed by atoms with E-state index in [1.54, 1.807) is 49.4 Å². The molecule has 0 aliphatic carbocycles. The number of methoxy groups -OCH3 is 1. The average molecular weight is 411 g/mol. The van der Waals surface area contributed by atoms with Gasteiger partial charge in [0, 0.05) is 10.7 Å². The predicted octanol–water partition coefficient (Wildman–Crippen LogP) is 3.84. The normalized spacial score (nSPS) is 12.3. The van der Waals surface area contributed by atoms with Crippen molar-refractivity contribution in [3.63, 3.8) is 0 Å². The van der Waals surface area contributed by atoms with Crippen LogP contribution in [0.4, 0.5) is 11.4 Å². The Kier molecular flexibility index (Phi) is 6.73. The Morgan fingerprint density at radius 3 is 2.33 bits per heavy atom. The van der Waals surface area contributed by atoms with Gasteiger partial charge in [0.1, 0.15) is 11.8 Å². The minimum Gasteiger partial charge on any atom is -0.497 e. The molecule has 2 rings (SSSR count). The molecule has 0 saturated carbocycles. The molecule has 0 fully saturated rings. The molecule has 146 valence electrons. The van der Waals surface area contributed by atoms with Crippen LogP contribution in [-0.4, -0.2) is 33.7 Å². The Hall–Kier alpha value is -2.25. The summed E-state index contributed by atoms with van der Waals surface area (Å²) in [5, 5.41) is 3.28.